The maximum absolute atomic E-state index is 12.9. The molecule has 1 amide bonds. The van der Waals surface area contributed by atoms with Crippen LogP contribution in [0.5, 0.6) is 0 Å². The highest BCUT2D eigenvalue weighted by atomic mass is 16.2. The summed E-state index contributed by atoms with van der Waals surface area (Å²) >= 11 is 0. The van der Waals surface area contributed by atoms with Crippen molar-refractivity contribution in [2.45, 2.75) is 25.4 Å². The number of rotatable bonds is 4. The first kappa shape index (κ1) is 15.8. The van der Waals surface area contributed by atoms with E-state index in [0.29, 0.717) is 25.3 Å². The molecule has 3 heterocycles. The molecule has 0 saturated carbocycles. The van der Waals surface area contributed by atoms with Crippen molar-refractivity contribution in [1.29, 1.82) is 0 Å². The van der Waals surface area contributed by atoms with Gasteiger partial charge in [-0.05, 0) is 25.0 Å². The number of fused-ring (bicyclic) bond motifs is 1. The second-order valence-corrected chi connectivity index (χ2v) is 6.33. The van der Waals surface area contributed by atoms with E-state index < -0.39 is 0 Å². The molecule has 130 valence electrons. The maximum Gasteiger partial charge on any atom is 0.276 e. The molecule has 8 heteroatoms. The molecular weight excluding hydrogens is 318 g/mol. The number of para-hydroxylation sites is 2. The highest BCUT2D eigenvalue weighted by Crippen LogP contribution is 2.33. The number of imidazole rings is 1. The third kappa shape index (κ3) is 2.68. The summed E-state index contributed by atoms with van der Waals surface area (Å²) in [6.45, 7) is 1.72. The van der Waals surface area contributed by atoms with Crippen LogP contribution in [0.25, 0.3) is 11.0 Å². The number of hydrogen-bond acceptors (Lipinski definition) is 5. The van der Waals surface area contributed by atoms with Crippen LogP contribution in [0.15, 0.2) is 30.5 Å². The number of likely N-dealkylation sites (tertiary alicyclic amines) is 1. The number of carbonyl (C=O) groups excluding carboxylic acids is 1. The molecule has 1 aromatic carbocycles. The van der Waals surface area contributed by atoms with Gasteiger partial charge in [-0.15, -0.1) is 5.10 Å². The second kappa shape index (κ2) is 6.29. The largest absolute Gasteiger partial charge is 0.329 e. The minimum atomic E-state index is -0.0992. The molecule has 0 aliphatic carbocycles. The van der Waals surface area contributed by atoms with Gasteiger partial charge in [0, 0.05) is 20.1 Å². The van der Waals surface area contributed by atoms with E-state index in [4.69, 9.17) is 10.7 Å². The van der Waals surface area contributed by atoms with Crippen molar-refractivity contribution in [2.24, 2.45) is 12.8 Å². The van der Waals surface area contributed by atoms with Crippen molar-refractivity contribution in [2.75, 3.05) is 13.1 Å². The molecule has 1 aliphatic rings. The summed E-state index contributed by atoms with van der Waals surface area (Å²) < 4.78 is 3.68. The topological polar surface area (TPSA) is 94.9 Å². The van der Waals surface area contributed by atoms with E-state index in [0.717, 1.165) is 29.7 Å². The third-order valence-corrected chi connectivity index (χ3v) is 4.75. The summed E-state index contributed by atoms with van der Waals surface area (Å²) in [5, 5.41) is 7.98. The number of hydrogen-bond donors (Lipinski definition) is 1. The van der Waals surface area contributed by atoms with Gasteiger partial charge in [-0.3, -0.25) is 9.48 Å². The number of benzene rings is 1. The van der Waals surface area contributed by atoms with E-state index in [-0.39, 0.29) is 11.9 Å². The average Bonchev–Trinajstić information content (AvgIpc) is 3.34. The minimum absolute atomic E-state index is 0.0374. The molecule has 4 rings (SSSR count). The first-order valence-corrected chi connectivity index (χ1v) is 8.51. The Morgan fingerprint density at radius 2 is 2.20 bits per heavy atom. The average molecular weight is 339 g/mol. The lowest BCUT2D eigenvalue weighted by Crippen LogP contribution is -2.32. The molecule has 0 bridgehead atoms. The zero-order chi connectivity index (χ0) is 17.4. The smallest absolute Gasteiger partial charge is 0.276 e. The molecule has 0 radical (unpaired) electrons. The zero-order valence-electron chi connectivity index (χ0n) is 14.2. The first-order valence-electron chi connectivity index (χ1n) is 8.51. The van der Waals surface area contributed by atoms with Gasteiger partial charge in [0.15, 0.2) is 5.69 Å². The van der Waals surface area contributed by atoms with Gasteiger partial charge < -0.3 is 15.2 Å². The molecule has 1 aliphatic heterocycles. The lowest BCUT2D eigenvalue weighted by Gasteiger charge is -2.23. The van der Waals surface area contributed by atoms with E-state index in [1.165, 1.54) is 0 Å². The Morgan fingerprint density at radius 3 is 3.00 bits per heavy atom. The summed E-state index contributed by atoms with van der Waals surface area (Å²) in [4.78, 5) is 19.5. The Labute approximate surface area is 145 Å². The maximum atomic E-state index is 12.9. The lowest BCUT2D eigenvalue weighted by atomic mass is 10.2. The Balaban J connectivity index is 1.65. The molecule has 1 saturated heterocycles. The van der Waals surface area contributed by atoms with Crippen molar-refractivity contribution in [1.82, 2.24) is 29.4 Å². The first-order chi connectivity index (χ1) is 12.2. The summed E-state index contributed by atoms with van der Waals surface area (Å²) in [7, 11) is 2.00. The van der Waals surface area contributed by atoms with Crippen LogP contribution in [0.2, 0.25) is 0 Å². The molecule has 2 aromatic heterocycles. The van der Waals surface area contributed by atoms with E-state index >= 15 is 0 Å². The molecule has 2 N–H and O–H groups in total. The fourth-order valence-electron chi connectivity index (χ4n) is 3.53. The minimum Gasteiger partial charge on any atom is -0.329 e. The molecule has 1 fully saturated rings. The van der Waals surface area contributed by atoms with Gasteiger partial charge in [-0.2, -0.15) is 0 Å². The Hall–Kier alpha value is -2.74. The SMILES string of the molecule is Cn1c([C@H]2CCCN2C(=O)c2cn(CCN)nn2)nc2ccccc21. The number of carbonyl (C=O) groups is 1. The van der Waals surface area contributed by atoms with Crippen LogP contribution in [0.3, 0.4) is 0 Å². The summed E-state index contributed by atoms with van der Waals surface area (Å²) in [5.74, 6) is 0.819. The van der Waals surface area contributed by atoms with Crippen LogP contribution in [0.4, 0.5) is 0 Å². The van der Waals surface area contributed by atoms with Crippen molar-refractivity contribution in [3.8, 4) is 0 Å². The number of nitrogens with two attached hydrogens (primary N) is 1. The van der Waals surface area contributed by atoms with Crippen molar-refractivity contribution < 1.29 is 4.79 Å². The van der Waals surface area contributed by atoms with Gasteiger partial charge in [0.2, 0.25) is 0 Å². The second-order valence-electron chi connectivity index (χ2n) is 6.33. The van der Waals surface area contributed by atoms with Crippen molar-refractivity contribution in [3.05, 3.63) is 42.0 Å². The van der Waals surface area contributed by atoms with Crippen LogP contribution in [0.1, 0.15) is 35.2 Å². The summed E-state index contributed by atoms with van der Waals surface area (Å²) in [5.41, 5.74) is 7.91. The number of aryl methyl sites for hydroxylation is 1. The number of nitrogens with zero attached hydrogens (tertiary/aromatic N) is 6. The zero-order valence-corrected chi connectivity index (χ0v) is 14.2. The molecular formula is C17H21N7O. The molecule has 3 aromatic rings. The van der Waals surface area contributed by atoms with Gasteiger partial charge in [-0.25, -0.2) is 4.98 Å². The number of aromatic nitrogens is 5. The lowest BCUT2D eigenvalue weighted by molar-refractivity contribution is 0.0722. The summed E-state index contributed by atoms with van der Waals surface area (Å²) in [6.07, 6.45) is 3.52. The van der Waals surface area contributed by atoms with Crippen LogP contribution in [-0.2, 0) is 13.6 Å². The predicted octanol–water partition coefficient (Wildman–Crippen LogP) is 1.10. The molecule has 8 nitrogen and oxygen atoms in total. The van der Waals surface area contributed by atoms with Gasteiger partial charge in [-0.1, -0.05) is 17.3 Å². The summed E-state index contributed by atoms with van der Waals surface area (Å²) in [6, 6.07) is 7.99. The van der Waals surface area contributed by atoms with Crippen LogP contribution in [-0.4, -0.2) is 48.4 Å². The highest BCUT2D eigenvalue weighted by Gasteiger charge is 2.34. The molecule has 1 atom stereocenters. The molecule has 0 spiro atoms. The van der Waals surface area contributed by atoms with Gasteiger partial charge in [0.05, 0.1) is 29.8 Å². The van der Waals surface area contributed by atoms with Gasteiger partial charge >= 0.3 is 0 Å². The Kier molecular flexibility index (Phi) is 3.96. The fourth-order valence-corrected chi connectivity index (χ4v) is 3.53. The van der Waals surface area contributed by atoms with Crippen LogP contribution in [0, 0.1) is 0 Å². The Bertz CT molecular complexity index is 913. The molecule has 25 heavy (non-hydrogen) atoms. The van der Waals surface area contributed by atoms with Gasteiger partial charge in [0.1, 0.15) is 5.82 Å². The van der Waals surface area contributed by atoms with Crippen LogP contribution < -0.4 is 5.73 Å². The van der Waals surface area contributed by atoms with E-state index in [1.807, 2.05) is 36.2 Å². The van der Waals surface area contributed by atoms with Crippen LogP contribution >= 0.6 is 0 Å². The third-order valence-electron chi connectivity index (χ3n) is 4.75. The standard InChI is InChI=1S/C17H21N7O/c1-22-14-6-3-2-5-12(14)19-16(22)15-7-4-9-24(15)17(25)13-11-23(10-8-18)21-20-13/h2-3,5-6,11,15H,4,7-10,18H2,1H3/t15-/m1/s1. The predicted molar refractivity (Wildman–Crippen MR) is 92.8 cm³/mol. The monoisotopic (exact) mass is 339 g/mol. The van der Waals surface area contributed by atoms with Crippen molar-refractivity contribution in [3.63, 3.8) is 0 Å². The fraction of sp³-hybridized carbons (Fsp3) is 0.412. The number of amides is 1. The van der Waals surface area contributed by atoms with Crippen molar-refractivity contribution >= 4 is 16.9 Å². The van der Waals surface area contributed by atoms with E-state index in [1.54, 1.807) is 10.9 Å². The van der Waals surface area contributed by atoms with E-state index in [9.17, 15) is 4.79 Å². The highest BCUT2D eigenvalue weighted by molar-refractivity contribution is 5.92. The van der Waals surface area contributed by atoms with Gasteiger partial charge in [0.25, 0.3) is 5.91 Å². The normalized spacial score (nSPS) is 17.5. The quantitative estimate of drug-likeness (QED) is 0.768. The Morgan fingerprint density at radius 1 is 1.36 bits per heavy atom. The van der Waals surface area contributed by atoms with E-state index in [2.05, 4.69) is 14.9 Å². The molecule has 0 unspecified atom stereocenters.